The van der Waals surface area contributed by atoms with Crippen LogP contribution in [0.5, 0.6) is 0 Å². The van der Waals surface area contributed by atoms with Crippen LogP contribution in [0, 0.1) is 5.41 Å². The molecule has 0 unspecified atom stereocenters. The Morgan fingerprint density at radius 1 is 1.16 bits per heavy atom. The van der Waals surface area contributed by atoms with E-state index in [1.165, 1.54) is 19.3 Å². The topological polar surface area (TPSA) is 63.4 Å². The number of nitrogens with zero attached hydrogens (tertiary/aromatic N) is 1. The Hall–Kier alpha value is -0.130. The van der Waals surface area contributed by atoms with E-state index in [4.69, 9.17) is 5.73 Å². The summed E-state index contributed by atoms with van der Waals surface area (Å²) in [5.74, 6) is 1.50. The van der Waals surface area contributed by atoms with Crippen molar-refractivity contribution in [1.82, 2.24) is 4.90 Å². The van der Waals surface area contributed by atoms with Gasteiger partial charge in [-0.25, -0.2) is 0 Å². The number of amides is 1. The van der Waals surface area contributed by atoms with Crippen molar-refractivity contribution in [2.24, 2.45) is 11.1 Å². The minimum Gasteiger partial charge on any atom is -0.341 e. The van der Waals surface area contributed by atoms with Crippen LogP contribution in [-0.4, -0.2) is 46.2 Å². The Labute approximate surface area is 124 Å². The van der Waals surface area contributed by atoms with Crippen molar-refractivity contribution < 1.29 is 9.00 Å². The van der Waals surface area contributed by atoms with E-state index in [-0.39, 0.29) is 23.7 Å². The maximum Gasteiger partial charge on any atom is 0.223 e. The normalized spacial score (nSPS) is 23.7. The van der Waals surface area contributed by atoms with Gasteiger partial charge < -0.3 is 10.6 Å². The van der Waals surface area contributed by atoms with Gasteiger partial charge in [0.1, 0.15) is 0 Å². The fraction of sp³-hybridized carbons (Fsp3) is 0.923. The van der Waals surface area contributed by atoms with Crippen LogP contribution in [-0.2, 0) is 15.6 Å². The van der Waals surface area contributed by atoms with Gasteiger partial charge in [-0.2, -0.15) is 0 Å². The molecule has 1 aliphatic carbocycles. The van der Waals surface area contributed by atoms with Crippen LogP contribution in [0.15, 0.2) is 0 Å². The van der Waals surface area contributed by atoms with E-state index in [1.807, 2.05) is 4.90 Å². The molecule has 0 aromatic rings. The monoisotopic (exact) mass is 308 g/mol. The van der Waals surface area contributed by atoms with Gasteiger partial charge >= 0.3 is 0 Å². The number of carbonyl (C=O) groups excluding carboxylic acids is 1. The molecule has 2 fully saturated rings. The Kier molecular flexibility index (Phi) is 6.77. The van der Waals surface area contributed by atoms with Crippen LogP contribution < -0.4 is 5.73 Å². The Morgan fingerprint density at radius 2 is 1.74 bits per heavy atom. The molecule has 6 heteroatoms. The van der Waals surface area contributed by atoms with Crippen molar-refractivity contribution in [2.75, 3.05) is 31.1 Å². The summed E-state index contributed by atoms with van der Waals surface area (Å²) < 4.78 is 11.3. The lowest BCUT2D eigenvalue weighted by Gasteiger charge is -2.38. The second-order valence-electron chi connectivity index (χ2n) is 5.67. The molecule has 2 aliphatic rings. The highest BCUT2D eigenvalue weighted by Crippen LogP contribution is 2.38. The molecular formula is C13H25ClN2O2S. The van der Waals surface area contributed by atoms with Crippen LogP contribution in [0.1, 0.15) is 38.5 Å². The first-order chi connectivity index (χ1) is 8.65. The second kappa shape index (κ2) is 7.60. The summed E-state index contributed by atoms with van der Waals surface area (Å²) in [6, 6.07) is 0. The summed E-state index contributed by atoms with van der Waals surface area (Å²) in [6.07, 6.45) is 6.46. The lowest BCUT2D eigenvalue weighted by Crippen LogP contribution is -2.45. The first-order valence-electron chi connectivity index (χ1n) is 6.98. The van der Waals surface area contributed by atoms with Gasteiger partial charge in [-0.15, -0.1) is 12.4 Å². The fourth-order valence-corrected chi connectivity index (χ4v) is 4.13. The van der Waals surface area contributed by atoms with Crippen molar-refractivity contribution in [3.8, 4) is 0 Å². The van der Waals surface area contributed by atoms with Crippen molar-refractivity contribution in [3.63, 3.8) is 0 Å². The average molecular weight is 309 g/mol. The van der Waals surface area contributed by atoms with Gasteiger partial charge in [0.15, 0.2) is 0 Å². The van der Waals surface area contributed by atoms with Crippen LogP contribution in [0.25, 0.3) is 0 Å². The molecule has 1 amide bonds. The number of nitrogens with two attached hydrogens (primary N) is 1. The highest BCUT2D eigenvalue weighted by molar-refractivity contribution is 7.85. The summed E-state index contributed by atoms with van der Waals surface area (Å²) in [7, 11) is -0.715. The molecule has 1 heterocycles. The van der Waals surface area contributed by atoms with Gasteiger partial charge in [0.25, 0.3) is 0 Å². The zero-order valence-electron chi connectivity index (χ0n) is 11.4. The van der Waals surface area contributed by atoms with Crippen LogP contribution in [0.2, 0.25) is 0 Å². The van der Waals surface area contributed by atoms with E-state index in [0.717, 1.165) is 12.8 Å². The smallest absolute Gasteiger partial charge is 0.223 e. The van der Waals surface area contributed by atoms with Gasteiger partial charge in [0.05, 0.1) is 0 Å². The third-order valence-electron chi connectivity index (χ3n) is 4.40. The summed E-state index contributed by atoms with van der Waals surface area (Å²) in [4.78, 5) is 14.2. The van der Waals surface area contributed by atoms with Crippen LogP contribution in [0.4, 0.5) is 0 Å². The Balaban J connectivity index is 0.00000180. The van der Waals surface area contributed by atoms with E-state index in [9.17, 15) is 9.00 Å². The highest BCUT2D eigenvalue weighted by Gasteiger charge is 2.34. The Bertz CT molecular complexity index is 323. The summed E-state index contributed by atoms with van der Waals surface area (Å²) >= 11 is 0. The van der Waals surface area contributed by atoms with Crippen LogP contribution >= 0.6 is 12.4 Å². The standard InChI is InChI=1S/C13H24N2O2S.ClH/c14-11-13(4-2-1-3-5-13)10-12(16)15-6-8-18(17)9-7-15;/h1-11,14H2;1H. The zero-order valence-corrected chi connectivity index (χ0v) is 13.1. The largest absolute Gasteiger partial charge is 0.341 e. The predicted molar refractivity (Wildman–Crippen MR) is 80.9 cm³/mol. The number of hydrogen-bond acceptors (Lipinski definition) is 3. The number of rotatable bonds is 3. The van der Waals surface area contributed by atoms with E-state index in [2.05, 4.69) is 0 Å². The molecule has 0 aromatic heterocycles. The lowest BCUT2D eigenvalue weighted by atomic mass is 9.71. The molecule has 0 atom stereocenters. The minimum absolute atomic E-state index is 0. The van der Waals surface area contributed by atoms with Gasteiger partial charge in [0.2, 0.25) is 5.91 Å². The fourth-order valence-electron chi connectivity index (χ4n) is 3.07. The molecule has 2 rings (SSSR count). The third-order valence-corrected chi connectivity index (χ3v) is 5.68. The molecule has 2 N–H and O–H groups in total. The third kappa shape index (κ3) is 4.43. The first kappa shape index (κ1) is 16.9. The van der Waals surface area contributed by atoms with Crippen molar-refractivity contribution in [2.45, 2.75) is 38.5 Å². The Morgan fingerprint density at radius 3 is 2.26 bits per heavy atom. The SMILES string of the molecule is Cl.NCC1(CC(=O)N2CCS(=O)CC2)CCCCC1. The second-order valence-corrected chi connectivity index (χ2v) is 7.37. The molecular weight excluding hydrogens is 284 g/mol. The molecule has 1 saturated carbocycles. The summed E-state index contributed by atoms with van der Waals surface area (Å²) in [6.45, 7) is 1.94. The number of hydrogen-bond donors (Lipinski definition) is 1. The molecule has 112 valence electrons. The maximum atomic E-state index is 12.3. The molecule has 0 bridgehead atoms. The lowest BCUT2D eigenvalue weighted by molar-refractivity contribution is -0.133. The van der Waals surface area contributed by atoms with Gasteiger partial charge in [-0.3, -0.25) is 9.00 Å². The van der Waals surface area contributed by atoms with Gasteiger partial charge in [-0.1, -0.05) is 19.3 Å². The quantitative estimate of drug-likeness (QED) is 0.855. The van der Waals surface area contributed by atoms with Crippen LogP contribution in [0.3, 0.4) is 0 Å². The van der Waals surface area contributed by atoms with Crippen molar-refractivity contribution in [3.05, 3.63) is 0 Å². The minimum atomic E-state index is -0.715. The number of halogens is 1. The molecule has 0 aromatic carbocycles. The summed E-state index contributed by atoms with van der Waals surface area (Å²) in [5, 5.41) is 0. The molecule has 0 radical (unpaired) electrons. The molecule has 1 saturated heterocycles. The number of carbonyl (C=O) groups is 1. The maximum absolute atomic E-state index is 12.3. The van der Waals surface area contributed by atoms with E-state index in [1.54, 1.807) is 0 Å². The van der Waals surface area contributed by atoms with Crippen molar-refractivity contribution in [1.29, 1.82) is 0 Å². The van der Waals surface area contributed by atoms with E-state index in [0.29, 0.717) is 37.6 Å². The van der Waals surface area contributed by atoms with Crippen molar-refractivity contribution >= 4 is 29.1 Å². The van der Waals surface area contributed by atoms with E-state index >= 15 is 0 Å². The predicted octanol–water partition coefficient (Wildman–Crippen LogP) is 1.30. The molecule has 4 nitrogen and oxygen atoms in total. The molecule has 0 spiro atoms. The highest BCUT2D eigenvalue weighted by atomic mass is 35.5. The molecule has 19 heavy (non-hydrogen) atoms. The zero-order chi connectivity index (χ0) is 13.0. The molecule has 1 aliphatic heterocycles. The average Bonchev–Trinajstić information content (AvgIpc) is 2.40. The van der Waals surface area contributed by atoms with Gasteiger partial charge in [0, 0.05) is 41.8 Å². The van der Waals surface area contributed by atoms with Gasteiger partial charge in [-0.05, 0) is 24.8 Å². The summed E-state index contributed by atoms with van der Waals surface area (Å²) in [5.41, 5.74) is 5.97. The van der Waals surface area contributed by atoms with E-state index < -0.39 is 10.8 Å². The first-order valence-corrected chi connectivity index (χ1v) is 8.47.